The Labute approximate surface area is 111 Å². The van der Waals surface area contributed by atoms with Gasteiger partial charge >= 0.3 is 0 Å². The number of hydrogen-bond donors (Lipinski definition) is 0. The molecule has 1 aromatic rings. The fraction of sp³-hybridized carbons (Fsp3) is 0.625. The summed E-state index contributed by atoms with van der Waals surface area (Å²) < 4.78 is 5.36. The van der Waals surface area contributed by atoms with E-state index in [9.17, 15) is 0 Å². The highest BCUT2D eigenvalue weighted by Gasteiger charge is 2.41. The highest BCUT2D eigenvalue weighted by Crippen LogP contribution is 2.42. The van der Waals surface area contributed by atoms with E-state index in [1.807, 2.05) is 6.07 Å². The third-order valence-corrected chi connectivity index (χ3v) is 4.10. The SMILES string of the molecule is COc1cccc(N2C(C)(C)CCCC2(C)C)c1. The lowest BCUT2D eigenvalue weighted by Gasteiger charge is -2.54. The van der Waals surface area contributed by atoms with Gasteiger partial charge in [0, 0.05) is 22.8 Å². The van der Waals surface area contributed by atoms with Crippen LogP contribution in [-0.4, -0.2) is 18.2 Å². The van der Waals surface area contributed by atoms with Gasteiger partial charge in [-0.1, -0.05) is 6.07 Å². The average molecular weight is 247 g/mol. The molecular formula is C16H25NO. The van der Waals surface area contributed by atoms with Crippen molar-refractivity contribution in [1.29, 1.82) is 0 Å². The zero-order valence-corrected chi connectivity index (χ0v) is 12.3. The van der Waals surface area contributed by atoms with Gasteiger partial charge in [-0.2, -0.15) is 0 Å². The van der Waals surface area contributed by atoms with Gasteiger partial charge in [0.05, 0.1) is 7.11 Å². The Morgan fingerprint density at radius 1 is 1.06 bits per heavy atom. The Bertz CT molecular complexity index is 407. The molecule has 0 unspecified atom stereocenters. The Balaban J connectivity index is 2.43. The van der Waals surface area contributed by atoms with Gasteiger partial charge in [0.2, 0.25) is 0 Å². The van der Waals surface area contributed by atoms with E-state index in [4.69, 9.17) is 4.74 Å². The van der Waals surface area contributed by atoms with Crippen molar-refractivity contribution < 1.29 is 4.74 Å². The van der Waals surface area contributed by atoms with E-state index in [0.29, 0.717) is 0 Å². The molecule has 0 radical (unpaired) electrons. The molecule has 1 heterocycles. The monoisotopic (exact) mass is 247 g/mol. The number of methoxy groups -OCH3 is 1. The second-order valence-corrected chi connectivity index (χ2v) is 6.52. The van der Waals surface area contributed by atoms with Gasteiger partial charge in [-0.05, 0) is 59.1 Å². The fourth-order valence-electron chi connectivity index (χ4n) is 3.45. The summed E-state index contributed by atoms with van der Waals surface area (Å²) in [6.07, 6.45) is 3.79. The van der Waals surface area contributed by atoms with Crippen LogP contribution in [0.25, 0.3) is 0 Å². The molecule has 0 N–H and O–H groups in total. The maximum atomic E-state index is 5.36. The predicted octanol–water partition coefficient (Wildman–Crippen LogP) is 4.24. The predicted molar refractivity (Wildman–Crippen MR) is 77.5 cm³/mol. The van der Waals surface area contributed by atoms with E-state index in [1.54, 1.807) is 7.11 Å². The molecule has 1 aliphatic rings. The summed E-state index contributed by atoms with van der Waals surface area (Å²) in [5.74, 6) is 0.935. The Hall–Kier alpha value is -1.18. The first-order valence-corrected chi connectivity index (χ1v) is 6.81. The molecule has 2 heteroatoms. The number of anilines is 1. The molecule has 0 saturated carbocycles. The molecule has 1 aromatic carbocycles. The van der Waals surface area contributed by atoms with Crippen molar-refractivity contribution >= 4 is 5.69 Å². The molecule has 1 fully saturated rings. The molecule has 0 bridgehead atoms. The Morgan fingerprint density at radius 2 is 1.67 bits per heavy atom. The Morgan fingerprint density at radius 3 is 2.22 bits per heavy atom. The van der Waals surface area contributed by atoms with Crippen LogP contribution >= 0.6 is 0 Å². The number of nitrogens with zero attached hydrogens (tertiary/aromatic N) is 1. The first-order chi connectivity index (χ1) is 8.37. The third-order valence-electron chi connectivity index (χ3n) is 4.10. The van der Waals surface area contributed by atoms with Crippen molar-refractivity contribution in [3.63, 3.8) is 0 Å². The van der Waals surface area contributed by atoms with E-state index in [1.165, 1.54) is 24.9 Å². The van der Waals surface area contributed by atoms with E-state index in [2.05, 4.69) is 50.8 Å². The van der Waals surface area contributed by atoms with Crippen LogP contribution in [0.5, 0.6) is 5.75 Å². The average Bonchev–Trinajstić information content (AvgIpc) is 2.26. The second-order valence-electron chi connectivity index (χ2n) is 6.52. The zero-order valence-electron chi connectivity index (χ0n) is 12.3. The van der Waals surface area contributed by atoms with E-state index in [-0.39, 0.29) is 11.1 Å². The summed E-state index contributed by atoms with van der Waals surface area (Å²) in [7, 11) is 1.73. The minimum absolute atomic E-state index is 0.202. The molecule has 1 saturated heterocycles. The lowest BCUT2D eigenvalue weighted by atomic mass is 9.79. The summed E-state index contributed by atoms with van der Waals surface area (Å²) in [5.41, 5.74) is 1.67. The molecule has 100 valence electrons. The Kier molecular flexibility index (Phi) is 3.31. The lowest BCUT2D eigenvalue weighted by molar-refractivity contribution is 0.244. The van der Waals surface area contributed by atoms with Gasteiger partial charge in [0.25, 0.3) is 0 Å². The van der Waals surface area contributed by atoms with Crippen LogP contribution in [0.1, 0.15) is 47.0 Å². The van der Waals surface area contributed by atoms with Crippen molar-refractivity contribution in [2.45, 2.75) is 58.0 Å². The minimum Gasteiger partial charge on any atom is -0.497 e. The molecule has 1 aliphatic heterocycles. The van der Waals surface area contributed by atoms with Crippen LogP contribution in [0.15, 0.2) is 24.3 Å². The topological polar surface area (TPSA) is 12.5 Å². The van der Waals surface area contributed by atoms with Gasteiger partial charge in [-0.25, -0.2) is 0 Å². The molecule has 18 heavy (non-hydrogen) atoms. The van der Waals surface area contributed by atoms with Gasteiger partial charge in [-0.15, -0.1) is 0 Å². The van der Waals surface area contributed by atoms with Crippen molar-refractivity contribution in [1.82, 2.24) is 0 Å². The van der Waals surface area contributed by atoms with Gasteiger partial charge < -0.3 is 9.64 Å². The molecule has 0 spiro atoms. The number of benzene rings is 1. The van der Waals surface area contributed by atoms with Crippen LogP contribution in [-0.2, 0) is 0 Å². The van der Waals surface area contributed by atoms with Crippen LogP contribution in [0.4, 0.5) is 5.69 Å². The van der Waals surface area contributed by atoms with Crippen molar-refractivity contribution in [3.8, 4) is 5.75 Å². The van der Waals surface area contributed by atoms with Crippen LogP contribution in [0.3, 0.4) is 0 Å². The number of rotatable bonds is 2. The molecule has 2 rings (SSSR count). The highest BCUT2D eigenvalue weighted by atomic mass is 16.5. The standard InChI is InChI=1S/C16H25NO/c1-15(2)10-7-11-16(3,4)17(15)13-8-6-9-14(12-13)18-5/h6,8-9,12H,7,10-11H2,1-5H3. The summed E-state index contributed by atoms with van der Waals surface area (Å²) >= 11 is 0. The quantitative estimate of drug-likeness (QED) is 0.775. The second kappa shape index (κ2) is 4.49. The van der Waals surface area contributed by atoms with E-state index in [0.717, 1.165) is 5.75 Å². The molecule has 0 amide bonds. The summed E-state index contributed by atoms with van der Waals surface area (Å²) in [5, 5.41) is 0. The minimum atomic E-state index is 0.202. The number of hydrogen-bond acceptors (Lipinski definition) is 2. The van der Waals surface area contributed by atoms with E-state index < -0.39 is 0 Å². The first kappa shape index (κ1) is 13.3. The summed E-state index contributed by atoms with van der Waals surface area (Å²) in [4.78, 5) is 2.56. The van der Waals surface area contributed by atoms with Crippen LogP contribution < -0.4 is 9.64 Å². The maximum Gasteiger partial charge on any atom is 0.120 e. The molecule has 0 aromatic heterocycles. The number of piperidine rings is 1. The first-order valence-electron chi connectivity index (χ1n) is 6.81. The zero-order chi connectivity index (χ0) is 13.4. The van der Waals surface area contributed by atoms with Crippen molar-refractivity contribution in [2.75, 3.05) is 12.0 Å². The fourth-order valence-corrected chi connectivity index (χ4v) is 3.45. The smallest absolute Gasteiger partial charge is 0.120 e. The van der Waals surface area contributed by atoms with Crippen molar-refractivity contribution in [2.24, 2.45) is 0 Å². The van der Waals surface area contributed by atoms with Crippen molar-refractivity contribution in [3.05, 3.63) is 24.3 Å². The van der Waals surface area contributed by atoms with Crippen LogP contribution in [0.2, 0.25) is 0 Å². The summed E-state index contributed by atoms with van der Waals surface area (Å²) in [6, 6.07) is 8.43. The van der Waals surface area contributed by atoms with Crippen LogP contribution in [0, 0.1) is 0 Å². The normalized spacial score (nSPS) is 21.7. The van der Waals surface area contributed by atoms with Gasteiger partial charge in [0.1, 0.15) is 5.75 Å². The highest BCUT2D eigenvalue weighted by molar-refractivity contribution is 5.55. The number of ether oxygens (including phenoxy) is 1. The summed E-state index contributed by atoms with van der Waals surface area (Å²) in [6.45, 7) is 9.36. The van der Waals surface area contributed by atoms with E-state index >= 15 is 0 Å². The lowest BCUT2D eigenvalue weighted by Crippen LogP contribution is -2.58. The maximum absolute atomic E-state index is 5.36. The van der Waals surface area contributed by atoms with Gasteiger partial charge in [0.15, 0.2) is 0 Å². The molecule has 0 aliphatic carbocycles. The molecular weight excluding hydrogens is 222 g/mol. The largest absolute Gasteiger partial charge is 0.497 e. The molecule has 0 atom stereocenters. The third kappa shape index (κ3) is 2.33. The van der Waals surface area contributed by atoms with Gasteiger partial charge in [-0.3, -0.25) is 0 Å². The molecule has 2 nitrogen and oxygen atoms in total.